The molecule has 1 fully saturated rings. The number of allylic oxidation sites excluding steroid dienone is 1. The molecule has 1 N–H and O–H groups in total. The van der Waals surface area contributed by atoms with Gasteiger partial charge in [-0.15, -0.1) is 0 Å². The van der Waals surface area contributed by atoms with E-state index < -0.39 is 26.7 Å². The molecule has 0 aromatic carbocycles. The molecule has 0 aliphatic carbocycles. The van der Waals surface area contributed by atoms with Crippen molar-refractivity contribution in [3.05, 3.63) is 10.2 Å². The first-order valence-electron chi connectivity index (χ1n) is 18.3. The number of ether oxygens (including phenoxy) is 1. The van der Waals surface area contributed by atoms with Crippen molar-refractivity contribution < 1.29 is 14.3 Å². The van der Waals surface area contributed by atoms with Crippen molar-refractivity contribution in [2.45, 2.75) is 196 Å². The van der Waals surface area contributed by atoms with Gasteiger partial charge in [0.1, 0.15) is 0 Å². The van der Waals surface area contributed by atoms with Crippen molar-refractivity contribution in [3.63, 3.8) is 0 Å². The van der Waals surface area contributed by atoms with Crippen molar-refractivity contribution in [2.75, 3.05) is 0 Å². The summed E-state index contributed by atoms with van der Waals surface area (Å²) in [6.07, 6.45) is 14.8. The Bertz CT molecular complexity index is 726. The molecule has 250 valence electrons. The zero-order valence-electron chi connectivity index (χ0n) is 30.7. The van der Waals surface area contributed by atoms with Crippen molar-refractivity contribution in [2.24, 2.45) is 23.7 Å². The van der Waals surface area contributed by atoms with Gasteiger partial charge in [0.05, 0.1) is 0 Å². The minimum atomic E-state index is -2.27. The monoisotopic (exact) mass is 716 g/mol. The van der Waals surface area contributed by atoms with Gasteiger partial charge in [-0.25, -0.2) is 0 Å². The van der Waals surface area contributed by atoms with Gasteiger partial charge in [0.15, 0.2) is 0 Å². The van der Waals surface area contributed by atoms with Crippen LogP contribution in [-0.4, -0.2) is 56.2 Å². The zero-order chi connectivity index (χ0) is 32.1. The summed E-state index contributed by atoms with van der Waals surface area (Å²) in [4.78, 5) is 0. The van der Waals surface area contributed by atoms with Crippen LogP contribution in [0.15, 0.2) is 10.2 Å². The normalized spacial score (nSPS) is 25.5. The summed E-state index contributed by atoms with van der Waals surface area (Å²) < 4.78 is 21.2. The van der Waals surface area contributed by atoms with Crippen LogP contribution >= 0.6 is 0 Å². The Morgan fingerprint density at radius 2 is 1.45 bits per heavy atom. The molecule has 0 saturated carbocycles. The molecule has 1 aliphatic heterocycles. The molecule has 0 spiro atoms. The molecule has 1 heterocycles. The predicted molar refractivity (Wildman–Crippen MR) is 192 cm³/mol. The molecule has 1 unspecified atom stereocenters. The second kappa shape index (κ2) is 19.3. The Morgan fingerprint density at radius 3 is 1.90 bits per heavy atom. The van der Waals surface area contributed by atoms with Gasteiger partial charge in [-0.3, -0.25) is 0 Å². The van der Waals surface area contributed by atoms with Gasteiger partial charge in [0.2, 0.25) is 0 Å². The molecule has 0 aromatic rings. The molecule has 5 heteroatoms. The molecule has 0 aromatic heterocycles. The van der Waals surface area contributed by atoms with E-state index in [1.807, 2.05) is 0 Å². The Kier molecular flexibility index (Phi) is 18.7. The summed E-state index contributed by atoms with van der Waals surface area (Å²) in [5.74, 6) is 1.78. The molecule has 1 rings (SSSR count). The molecule has 0 amide bonds. The second-order valence-corrected chi connectivity index (χ2v) is 33.9. The van der Waals surface area contributed by atoms with Crippen LogP contribution in [0.25, 0.3) is 0 Å². The summed E-state index contributed by atoms with van der Waals surface area (Å²) in [7, 11) is -1.92. The van der Waals surface area contributed by atoms with Gasteiger partial charge in [-0.05, 0) is 18.1 Å². The molecule has 1 aliphatic rings. The molecule has 0 radical (unpaired) electrons. The number of hydrogen-bond acceptors (Lipinski definition) is 3. The summed E-state index contributed by atoms with van der Waals surface area (Å²) in [5, 5.41) is 11.5. The summed E-state index contributed by atoms with van der Waals surface area (Å²) in [6.45, 7) is 30.4. The fourth-order valence-electron chi connectivity index (χ4n) is 6.81. The average Bonchev–Trinajstić information content (AvgIpc) is 2.91. The maximum absolute atomic E-state index is 11.4. The quantitative estimate of drug-likeness (QED) is 0.128. The van der Waals surface area contributed by atoms with Crippen molar-refractivity contribution in [3.8, 4) is 0 Å². The van der Waals surface area contributed by atoms with E-state index in [1.165, 1.54) is 51.8 Å². The number of rotatable bonds is 20. The number of unbranched alkanes of at least 4 members (excludes halogenated alkanes) is 3. The van der Waals surface area contributed by atoms with Crippen LogP contribution in [0.2, 0.25) is 31.4 Å². The summed E-state index contributed by atoms with van der Waals surface area (Å²) >= 11 is -2.27. The Morgan fingerprint density at radius 1 is 0.929 bits per heavy atom. The van der Waals surface area contributed by atoms with Gasteiger partial charge in [0, 0.05) is 0 Å². The van der Waals surface area contributed by atoms with Crippen LogP contribution in [0.1, 0.15) is 140 Å². The van der Waals surface area contributed by atoms with Gasteiger partial charge >= 0.3 is 218 Å². The second-order valence-electron chi connectivity index (χ2n) is 16.1. The van der Waals surface area contributed by atoms with E-state index in [4.69, 9.17) is 9.16 Å². The third-order valence-electron chi connectivity index (χ3n) is 11.2. The minimum absolute atomic E-state index is 0.0629. The SMILES string of the molecule is CCC[CH2][Sn](/[CH]=C/[C@@H](C)[C@@H](C)CC(O)C[C@H](C)[C@@H]1O[C@H](CC)[C@H](C)C[C@@H]1O[Si](C)(C)C(C)(C)C)([CH2]CCC)[CH2]CCC. The molecule has 8 atom stereocenters. The standard InChI is InChI=1S/C25H49O3Si.3C4H9.Sn/c1-12-17(3)18(4)14-21(26)15-20(6)24-23(16-19(5)22(13-2)27-24)28-29(10,11)25(7,8)9;3*1-3-4-2;/h1,12,17-24,26H,13-16H2,2-11H3;3*1,3-4H2,2H3;/t17-,18+,19-,20+,21?,22-,23+,24+;;;;/m1..../s1. The molecule has 3 nitrogen and oxygen atoms in total. The van der Waals surface area contributed by atoms with Crippen LogP contribution < -0.4 is 0 Å². The molecular weight excluding hydrogens is 639 g/mol. The molecule has 42 heavy (non-hydrogen) atoms. The Balaban J connectivity index is 2.95. The third kappa shape index (κ3) is 13.2. The third-order valence-corrected chi connectivity index (χ3v) is 29.8. The van der Waals surface area contributed by atoms with E-state index in [1.54, 1.807) is 0 Å². The number of aliphatic hydroxyl groups is 1. The van der Waals surface area contributed by atoms with Crippen LogP contribution in [0.5, 0.6) is 0 Å². The average molecular weight is 716 g/mol. The first kappa shape index (κ1) is 40.7. The van der Waals surface area contributed by atoms with Crippen LogP contribution in [0, 0.1) is 23.7 Å². The van der Waals surface area contributed by atoms with Gasteiger partial charge in [-0.2, -0.15) is 0 Å². The van der Waals surface area contributed by atoms with E-state index in [-0.39, 0.29) is 35.4 Å². The van der Waals surface area contributed by atoms with Gasteiger partial charge in [0.25, 0.3) is 0 Å². The Labute approximate surface area is 269 Å². The van der Waals surface area contributed by atoms with Crippen molar-refractivity contribution in [1.82, 2.24) is 0 Å². The fraction of sp³-hybridized carbons (Fsp3) is 0.946. The number of aliphatic hydroxyl groups excluding tert-OH is 1. The number of hydrogen-bond donors (Lipinski definition) is 1. The van der Waals surface area contributed by atoms with Crippen molar-refractivity contribution in [1.29, 1.82) is 0 Å². The first-order valence-corrected chi connectivity index (χ1v) is 28.9. The first-order chi connectivity index (χ1) is 19.6. The summed E-state index contributed by atoms with van der Waals surface area (Å²) in [5.41, 5.74) is 0. The predicted octanol–water partition coefficient (Wildman–Crippen LogP) is 11.6. The van der Waals surface area contributed by atoms with E-state index >= 15 is 0 Å². The zero-order valence-corrected chi connectivity index (χ0v) is 34.6. The van der Waals surface area contributed by atoms with E-state index in [0.717, 1.165) is 25.7 Å². The van der Waals surface area contributed by atoms with Gasteiger partial charge < -0.3 is 0 Å². The van der Waals surface area contributed by atoms with Crippen molar-refractivity contribution >= 4 is 26.7 Å². The van der Waals surface area contributed by atoms with Gasteiger partial charge in [-0.1, -0.05) is 34.6 Å². The molecule has 0 bridgehead atoms. The summed E-state index contributed by atoms with van der Waals surface area (Å²) in [6, 6.07) is 0. The van der Waals surface area contributed by atoms with E-state index in [9.17, 15) is 5.11 Å². The van der Waals surface area contributed by atoms with E-state index in [2.05, 4.69) is 99.4 Å². The fourth-order valence-corrected chi connectivity index (χ4v) is 22.8. The Hall–Kier alpha value is 0.636. The topological polar surface area (TPSA) is 38.7 Å². The molecule has 1 saturated heterocycles. The maximum atomic E-state index is 11.4. The van der Waals surface area contributed by atoms with E-state index in [0.29, 0.717) is 17.8 Å². The van der Waals surface area contributed by atoms with Crippen LogP contribution in [0.4, 0.5) is 0 Å². The molecular formula is C37H76O3SiSn. The van der Waals surface area contributed by atoms with Crippen LogP contribution in [0.3, 0.4) is 0 Å². The van der Waals surface area contributed by atoms with Crippen LogP contribution in [-0.2, 0) is 9.16 Å².